The van der Waals surface area contributed by atoms with Gasteiger partial charge in [0.05, 0.1) is 23.8 Å². The molecule has 3 saturated heterocycles. The zero-order valence-corrected chi connectivity index (χ0v) is 32.4. The molecule has 15 heteroatoms. The number of nitrogens with one attached hydrogen (secondary N) is 1. The molecule has 0 spiro atoms. The molecule has 8 rings (SSSR count). The van der Waals surface area contributed by atoms with Gasteiger partial charge in [0, 0.05) is 42.3 Å². The van der Waals surface area contributed by atoms with E-state index in [-0.39, 0.29) is 46.6 Å². The molecule has 292 valence electrons. The summed E-state index contributed by atoms with van der Waals surface area (Å²) in [5, 5.41) is 3.90. The van der Waals surface area contributed by atoms with E-state index in [0.29, 0.717) is 45.8 Å². The predicted octanol–water partition coefficient (Wildman–Crippen LogP) is 8.46. The van der Waals surface area contributed by atoms with Crippen LogP contribution in [0.15, 0.2) is 67.0 Å². The first-order valence-corrected chi connectivity index (χ1v) is 19.8. The number of carbonyl (C=O) groups excluding carboxylic acids is 2. The second-order valence-corrected chi connectivity index (χ2v) is 15.9. The number of thiophene rings is 1. The molecule has 2 bridgehead atoms. The van der Waals surface area contributed by atoms with Crippen molar-refractivity contribution in [1.82, 2.24) is 15.2 Å². The maximum Gasteiger partial charge on any atom is 0.387 e. The molecule has 10 nitrogen and oxygen atoms in total. The van der Waals surface area contributed by atoms with Gasteiger partial charge in [0.15, 0.2) is 11.5 Å². The van der Waals surface area contributed by atoms with E-state index in [2.05, 4.69) is 15.2 Å². The van der Waals surface area contributed by atoms with Crippen LogP contribution < -0.4 is 19.5 Å². The lowest BCUT2D eigenvalue weighted by Crippen LogP contribution is -2.52. The quantitative estimate of drug-likeness (QED) is 0.104. The van der Waals surface area contributed by atoms with Gasteiger partial charge in [-0.3, -0.25) is 15.2 Å². The second-order valence-electron chi connectivity index (χ2n) is 14.0. The number of hydrogen-bond donors (Lipinski definition) is 1. The number of methoxy groups -OCH3 is 1. The average Bonchev–Trinajstić information content (AvgIpc) is 3.90. The summed E-state index contributed by atoms with van der Waals surface area (Å²) in [5.74, 6) is 0.210. The van der Waals surface area contributed by atoms with Gasteiger partial charge in [-0.15, -0.1) is 11.3 Å². The summed E-state index contributed by atoms with van der Waals surface area (Å²) in [6.45, 7) is 0.321. The number of alkyl halides is 2. The molecule has 3 atom stereocenters. The largest absolute Gasteiger partial charge is 0.496 e. The standard InChI is InChI=1S/C40H41Cl2F2N3O7S/c1-50-31-5-3-2-4-27(31)37(39(49)53-35-21-47-14-12-24(35)13-15-47)46-18-26-9-11-36(55-26)38(48)52-33(17-28-29(41)19-45-20-30(28)42)25-8-10-32(54-40(43)44)34(16-25)51-22-23-6-7-23/h2-5,8-11,16,19-20,23-24,33,35,37,40,46H,6-7,12-15,17-18,21-22H2,1H3/t33-,35-,37?/m0/s1. The molecule has 2 aromatic carbocycles. The monoisotopic (exact) mass is 815 g/mol. The first-order valence-electron chi connectivity index (χ1n) is 18.2. The smallest absolute Gasteiger partial charge is 0.387 e. The number of hydrogen-bond acceptors (Lipinski definition) is 11. The molecule has 5 heterocycles. The van der Waals surface area contributed by atoms with Crippen molar-refractivity contribution in [3.63, 3.8) is 0 Å². The summed E-state index contributed by atoms with van der Waals surface area (Å²) in [5.41, 5.74) is 1.60. The van der Waals surface area contributed by atoms with Crippen molar-refractivity contribution in [2.24, 2.45) is 11.8 Å². The Labute approximate surface area is 332 Å². The van der Waals surface area contributed by atoms with Gasteiger partial charge in [-0.25, -0.2) is 9.59 Å². The molecule has 1 aliphatic carbocycles. The fourth-order valence-electron chi connectivity index (χ4n) is 7.03. The Bertz CT molecular complexity index is 1950. The number of pyridine rings is 1. The predicted molar refractivity (Wildman–Crippen MR) is 203 cm³/mol. The van der Waals surface area contributed by atoms with Crippen LogP contribution in [0.5, 0.6) is 17.2 Å². The molecular formula is C40H41Cl2F2N3O7S. The summed E-state index contributed by atoms with van der Waals surface area (Å²) in [7, 11) is 1.56. The highest BCUT2D eigenvalue weighted by atomic mass is 35.5. The van der Waals surface area contributed by atoms with Gasteiger partial charge in [-0.2, -0.15) is 8.78 Å². The Morgan fingerprint density at radius 2 is 1.75 bits per heavy atom. The minimum absolute atomic E-state index is 0.0607. The highest BCUT2D eigenvalue weighted by Crippen LogP contribution is 2.39. The number of halogens is 4. The third-order valence-corrected chi connectivity index (χ3v) is 11.9. The molecule has 1 unspecified atom stereocenters. The minimum atomic E-state index is -3.06. The number of aromatic nitrogens is 1. The molecule has 4 aliphatic rings. The molecule has 2 aromatic heterocycles. The average molecular weight is 817 g/mol. The highest BCUT2D eigenvalue weighted by Gasteiger charge is 2.38. The third-order valence-electron chi connectivity index (χ3n) is 10.2. The highest BCUT2D eigenvalue weighted by molar-refractivity contribution is 7.13. The number of nitrogens with zero attached hydrogens (tertiary/aromatic N) is 2. The molecule has 1 saturated carbocycles. The summed E-state index contributed by atoms with van der Waals surface area (Å²) in [6, 6.07) is 14.4. The van der Waals surface area contributed by atoms with Gasteiger partial charge in [-0.1, -0.05) is 47.5 Å². The van der Waals surface area contributed by atoms with E-state index >= 15 is 0 Å². The van der Waals surface area contributed by atoms with Crippen LogP contribution >= 0.6 is 34.5 Å². The number of benzene rings is 2. The van der Waals surface area contributed by atoms with Crippen LogP contribution in [0.25, 0.3) is 0 Å². The van der Waals surface area contributed by atoms with Crippen LogP contribution in [0.4, 0.5) is 8.78 Å². The van der Waals surface area contributed by atoms with E-state index in [1.165, 1.54) is 35.9 Å². The van der Waals surface area contributed by atoms with E-state index < -0.39 is 24.7 Å². The van der Waals surface area contributed by atoms with Crippen molar-refractivity contribution in [1.29, 1.82) is 0 Å². The van der Waals surface area contributed by atoms with E-state index in [0.717, 1.165) is 50.2 Å². The van der Waals surface area contributed by atoms with Crippen molar-refractivity contribution in [3.8, 4) is 17.2 Å². The summed E-state index contributed by atoms with van der Waals surface area (Å²) in [6.07, 6.45) is 5.83. The molecule has 1 N–H and O–H groups in total. The molecular weight excluding hydrogens is 775 g/mol. The third kappa shape index (κ3) is 9.87. The summed E-state index contributed by atoms with van der Waals surface area (Å²) < 4.78 is 55.0. The SMILES string of the molecule is COc1ccccc1C(NCc1ccc(C(=O)O[C@@H](Cc2c(Cl)cncc2Cl)c2ccc(OC(F)F)c(OCC3CC3)c2)s1)C(=O)O[C@H]1CN2CCC1CC2. The normalized spacial score (nSPS) is 20.1. The van der Waals surface area contributed by atoms with Crippen LogP contribution in [0.2, 0.25) is 10.0 Å². The molecule has 4 fully saturated rings. The van der Waals surface area contributed by atoms with Gasteiger partial charge >= 0.3 is 18.6 Å². The van der Waals surface area contributed by atoms with Gasteiger partial charge in [-0.05, 0) is 92.1 Å². The minimum Gasteiger partial charge on any atom is -0.496 e. The van der Waals surface area contributed by atoms with Crippen LogP contribution in [-0.4, -0.2) is 67.9 Å². The van der Waals surface area contributed by atoms with Crippen molar-refractivity contribution < 1.29 is 42.1 Å². The van der Waals surface area contributed by atoms with Crippen LogP contribution in [0.3, 0.4) is 0 Å². The van der Waals surface area contributed by atoms with Crippen LogP contribution in [0, 0.1) is 11.8 Å². The first kappa shape index (κ1) is 39.2. The van der Waals surface area contributed by atoms with E-state index in [9.17, 15) is 18.4 Å². The van der Waals surface area contributed by atoms with Crippen molar-refractivity contribution >= 4 is 46.5 Å². The number of esters is 2. The Hall–Kier alpha value is -4.01. The number of ether oxygens (including phenoxy) is 5. The molecule has 3 aliphatic heterocycles. The van der Waals surface area contributed by atoms with E-state index in [1.54, 1.807) is 31.4 Å². The van der Waals surface area contributed by atoms with Crippen molar-refractivity contribution in [3.05, 3.63) is 103 Å². The van der Waals surface area contributed by atoms with Crippen LogP contribution in [-0.2, 0) is 27.2 Å². The van der Waals surface area contributed by atoms with Crippen LogP contribution in [0.1, 0.15) is 69.1 Å². The number of piperidine rings is 3. The number of para-hydroxylation sites is 1. The molecule has 4 aromatic rings. The number of carbonyl (C=O) groups is 2. The zero-order chi connectivity index (χ0) is 38.5. The maximum atomic E-state index is 13.8. The second kappa shape index (κ2) is 17.8. The molecule has 55 heavy (non-hydrogen) atoms. The lowest BCUT2D eigenvalue weighted by molar-refractivity contribution is -0.161. The Balaban J connectivity index is 1.09. The lowest BCUT2D eigenvalue weighted by Gasteiger charge is -2.44. The fourth-order valence-corrected chi connectivity index (χ4v) is 8.39. The Morgan fingerprint density at radius 1 is 0.982 bits per heavy atom. The molecule has 0 radical (unpaired) electrons. The van der Waals surface area contributed by atoms with Gasteiger partial charge < -0.3 is 23.7 Å². The van der Waals surface area contributed by atoms with Gasteiger partial charge in [0.2, 0.25) is 0 Å². The zero-order valence-electron chi connectivity index (χ0n) is 30.1. The lowest BCUT2D eigenvalue weighted by atomic mass is 9.86. The summed E-state index contributed by atoms with van der Waals surface area (Å²) >= 11 is 14.2. The first-order chi connectivity index (χ1) is 26.6. The van der Waals surface area contributed by atoms with E-state index in [1.807, 2.05) is 18.2 Å². The van der Waals surface area contributed by atoms with Gasteiger partial charge in [0.1, 0.15) is 28.9 Å². The number of rotatable bonds is 17. The fraction of sp³-hybridized carbons (Fsp3) is 0.425. The Morgan fingerprint density at radius 3 is 2.44 bits per heavy atom. The van der Waals surface area contributed by atoms with Gasteiger partial charge in [0.25, 0.3) is 0 Å². The van der Waals surface area contributed by atoms with E-state index in [4.69, 9.17) is 46.9 Å². The summed E-state index contributed by atoms with van der Waals surface area (Å²) in [4.78, 5) is 35.0. The molecule has 0 amide bonds. The Kier molecular flexibility index (Phi) is 12.7. The number of fused-ring (bicyclic) bond motifs is 3. The van der Waals surface area contributed by atoms with Crippen molar-refractivity contribution in [2.45, 2.75) is 63.5 Å². The maximum absolute atomic E-state index is 13.8. The van der Waals surface area contributed by atoms with Crippen molar-refractivity contribution in [2.75, 3.05) is 33.4 Å². The topological polar surface area (TPSA) is 108 Å².